The molecular formula is C19H21NO5. The molecule has 0 aliphatic heterocycles. The third-order valence-corrected chi connectivity index (χ3v) is 3.64. The lowest BCUT2D eigenvalue weighted by atomic mass is 10.0. The quantitative estimate of drug-likeness (QED) is 0.770. The molecular weight excluding hydrogens is 322 g/mol. The number of rotatable bonds is 8. The highest BCUT2D eigenvalue weighted by Gasteiger charge is 2.22. The van der Waals surface area contributed by atoms with Crippen LogP contribution in [-0.4, -0.2) is 30.2 Å². The van der Waals surface area contributed by atoms with E-state index in [-0.39, 0.29) is 12.3 Å². The van der Waals surface area contributed by atoms with Crippen molar-refractivity contribution in [3.8, 4) is 11.5 Å². The topological polar surface area (TPSA) is 84.9 Å². The molecule has 0 saturated heterocycles. The lowest BCUT2D eigenvalue weighted by Gasteiger charge is -2.21. The summed E-state index contributed by atoms with van der Waals surface area (Å²) in [7, 11) is 1.55. The van der Waals surface area contributed by atoms with Crippen LogP contribution in [0.2, 0.25) is 0 Å². The molecule has 0 aliphatic rings. The van der Waals surface area contributed by atoms with Gasteiger partial charge in [0.05, 0.1) is 19.6 Å². The van der Waals surface area contributed by atoms with E-state index in [1.54, 1.807) is 50.4 Å². The van der Waals surface area contributed by atoms with Crippen LogP contribution in [0, 0.1) is 0 Å². The van der Waals surface area contributed by atoms with Crippen LogP contribution >= 0.6 is 0 Å². The van der Waals surface area contributed by atoms with E-state index in [1.165, 1.54) is 0 Å². The van der Waals surface area contributed by atoms with Crippen molar-refractivity contribution in [2.45, 2.75) is 25.5 Å². The SMILES string of the molecule is COc1ccc(C(CC(=O)O)NC(=O)C(C)Oc2ccccc2)cc1. The van der Waals surface area contributed by atoms with Crippen molar-refractivity contribution in [2.24, 2.45) is 0 Å². The number of hydrogen-bond donors (Lipinski definition) is 2. The molecule has 0 aromatic heterocycles. The summed E-state index contributed by atoms with van der Waals surface area (Å²) in [5.74, 6) is -0.155. The van der Waals surface area contributed by atoms with E-state index in [0.717, 1.165) is 0 Å². The minimum absolute atomic E-state index is 0.226. The number of carbonyl (C=O) groups excluding carboxylic acids is 1. The van der Waals surface area contributed by atoms with Gasteiger partial charge in [-0.2, -0.15) is 0 Å². The van der Waals surface area contributed by atoms with Gasteiger partial charge in [-0.1, -0.05) is 30.3 Å². The van der Waals surface area contributed by atoms with Crippen molar-refractivity contribution >= 4 is 11.9 Å². The van der Waals surface area contributed by atoms with E-state index in [2.05, 4.69) is 5.32 Å². The van der Waals surface area contributed by atoms with E-state index in [0.29, 0.717) is 17.1 Å². The maximum Gasteiger partial charge on any atom is 0.305 e. The number of hydrogen-bond acceptors (Lipinski definition) is 4. The maximum absolute atomic E-state index is 12.4. The first-order valence-corrected chi connectivity index (χ1v) is 7.87. The number of carboxylic acids is 1. The normalized spacial score (nSPS) is 12.7. The molecule has 2 aromatic rings. The number of carbonyl (C=O) groups is 2. The maximum atomic E-state index is 12.4. The number of amides is 1. The lowest BCUT2D eigenvalue weighted by Crippen LogP contribution is -2.39. The van der Waals surface area contributed by atoms with Crippen LogP contribution in [0.5, 0.6) is 11.5 Å². The van der Waals surface area contributed by atoms with Gasteiger partial charge < -0.3 is 19.9 Å². The van der Waals surface area contributed by atoms with Gasteiger partial charge in [0.15, 0.2) is 6.10 Å². The minimum Gasteiger partial charge on any atom is -0.497 e. The lowest BCUT2D eigenvalue weighted by molar-refractivity contribution is -0.138. The Kier molecular flexibility index (Phi) is 6.39. The highest BCUT2D eigenvalue weighted by Crippen LogP contribution is 2.21. The first-order chi connectivity index (χ1) is 12.0. The summed E-state index contributed by atoms with van der Waals surface area (Å²) in [4.78, 5) is 23.5. The molecule has 0 heterocycles. The predicted molar refractivity (Wildman–Crippen MR) is 92.7 cm³/mol. The second-order valence-electron chi connectivity index (χ2n) is 5.51. The van der Waals surface area contributed by atoms with Crippen molar-refractivity contribution in [3.63, 3.8) is 0 Å². The molecule has 2 atom stereocenters. The number of benzene rings is 2. The highest BCUT2D eigenvalue weighted by atomic mass is 16.5. The molecule has 2 rings (SSSR count). The molecule has 6 nitrogen and oxygen atoms in total. The first-order valence-electron chi connectivity index (χ1n) is 7.87. The Morgan fingerprint density at radius 3 is 2.24 bits per heavy atom. The van der Waals surface area contributed by atoms with Gasteiger partial charge >= 0.3 is 5.97 Å². The van der Waals surface area contributed by atoms with Gasteiger partial charge in [0.25, 0.3) is 5.91 Å². The van der Waals surface area contributed by atoms with Gasteiger partial charge in [0, 0.05) is 0 Å². The van der Waals surface area contributed by atoms with Crippen molar-refractivity contribution in [1.29, 1.82) is 0 Å². The number of aliphatic carboxylic acids is 1. The summed E-state index contributed by atoms with van der Waals surface area (Å²) in [5.41, 5.74) is 0.684. The molecule has 6 heteroatoms. The molecule has 25 heavy (non-hydrogen) atoms. The van der Waals surface area contributed by atoms with Gasteiger partial charge in [-0.3, -0.25) is 9.59 Å². The van der Waals surface area contributed by atoms with Gasteiger partial charge in [0.2, 0.25) is 0 Å². The monoisotopic (exact) mass is 343 g/mol. The minimum atomic E-state index is -1.00. The average molecular weight is 343 g/mol. The fourth-order valence-corrected chi connectivity index (χ4v) is 2.31. The Bertz CT molecular complexity index is 700. The second-order valence-corrected chi connectivity index (χ2v) is 5.51. The van der Waals surface area contributed by atoms with Crippen molar-refractivity contribution < 1.29 is 24.2 Å². The summed E-state index contributed by atoms with van der Waals surface area (Å²) in [6.07, 6.45) is -0.979. The van der Waals surface area contributed by atoms with Gasteiger partial charge in [0.1, 0.15) is 11.5 Å². The standard InChI is InChI=1S/C19H21NO5/c1-13(25-16-6-4-3-5-7-16)19(23)20-17(12-18(21)22)14-8-10-15(24-2)11-9-14/h3-11,13,17H,12H2,1-2H3,(H,20,23)(H,21,22). The largest absolute Gasteiger partial charge is 0.497 e. The molecule has 0 fully saturated rings. The average Bonchev–Trinajstić information content (AvgIpc) is 2.61. The van der Waals surface area contributed by atoms with Gasteiger partial charge in [-0.05, 0) is 36.8 Å². The molecule has 2 N–H and O–H groups in total. The second kappa shape index (κ2) is 8.73. The predicted octanol–water partition coefficient (Wildman–Crippen LogP) is 2.79. The number of nitrogens with one attached hydrogen (secondary N) is 1. The van der Waals surface area contributed by atoms with Crippen LogP contribution < -0.4 is 14.8 Å². The summed E-state index contributed by atoms with van der Waals surface area (Å²) >= 11 is 0. The zero-order valence-electron chi connectivity index (χ0n) is 14.1. The van der Waals surface area contributed by atoms with Crippen LogP contribution in [0.25, 0.3) is 0 Å². The molecule has 132 valence electrons. The molecule has 0 radical (unpaired) electrons. The van der Waals surface area contributed by atoms with E-state index in [4.69, 9.17) is 14.6 Å². The smallest absolute Gasteiger partial charge is 0.305 e. The molecule has 0 bridgehead atoms. The van der Waals surface area contributed by atoms with Crippen LogP contribution in [0.1, 0.15) is 24.9 Å². The summed E-state index contributed by atoms with van der Waals surface area (Å²) in [6, 6.07) is 15.2. The van der Waals surface area contributed by atoms with Gasteiger partial charge in [-0.25, -0.2) is 0 Å². The van der Waals surface area contributed by atoms with E-state index in [9.17, 15) is 9.59 Å². The van der Waals surface area contributed by atoms with Crippen molar-refractivity contribution in [3.05, 3.63) is 60.2 Å². The van der Waals surface area contributed by atoms with Crippen molar-refractivity contribution in [1.82, 2.24) is 5.32 Å². The zero-order chi connectivity index (χ0) is 18.2. The highest BCUT2D eigenvalue weighted by molar-refractivity contribution is 5.82. The zero-order valence-corrected chi connectivity index (χ0v) is 14.1. The van der Waals surface area contributed by atoms with E-state index < -0.39 is 18.1 Å². The van der Waals surface area contributed by atoms with Gasteiger partial charge in [-0.15, -0.1) is 0 Å². The van der Waals surface area contributed by atoms with Crippen LogP contribution in [0.3, 0.4) is 0 Å². The van der Waals surface area contributed by atoms with Crippen molar-refractivity contribution in [2.75, 3.05) is 7.11 Å². The summed E-state index contributed by atoms with van der Waals surface area (Å²) < 4.78 is 10.7. The molecule has 2 unspecified atom stereocenters. The molecule has 2 aromatic carbocycles. The third-order valence-electron chi connectivity index (χ3n) is 3.64. The van der Waals surface area contributed by atoms with Crippen LogP contribution in [-0.2, 0) is 9.59 Å². The van der Waals surface area contributed by atoms with Crippen LogP contribution in [0.4, 0.5) is 0 Å². The molecule has 1 amide bonds. The Labute approximate surface area is 146 Å². The number of carboxylic acid groups (broad SMARTS) is 1. The molecule has 0 spiro atoms. The molecule has 0 aliphatic carbocycles. The van der Waals surface area contributed by atoms with Crippen LogP contribution in [0.15, 0.2) is 54.6 Å². The summed E-state index contributed by atoms with van der Waals surface area (Å²) in [5, 5.41) is 11.9. The number of methoxy groups -OCH3 is 1. The van der Waals surface area contributed by atoms with E-state index in [1.807, 2.05) is 18.2 Å². The Balaban J connectivity index is 2.07. The fraction of sp³-hybridized carbons (Fsp3) is 0.263. The fourth-order valence-electron chi connectivity index (χ4n) is 2.31. The number of ether oxygens (including phenoxy) is 2. The molecule has 0 saturated carbocycles. The Morgan fingerprint density at radius 1 is 1.04 bits per heavy atom. The Hall–Kier alpha value is -3.02. The third kappa shape index (κ3) is 5.53. The number of para-hydroxylation sites is 1. The Morgan fingerprint density at radius 2 is 1.68 bits per heavy atom. The summed E-state index contributed by atoms with van der Waals surface area (Å²) in [6.45, 7) is 1.62. The first kappa shape index (κ1) is 18.3. The van der Waals surface area contributed by atoms with E-state index >= 15 is 0 Å².